The summed E-state index contributed by atoms with van der Waals surface area (Å²) in [7, 11) is 1.72. The molecule has 0 saturated carbocycles. The van der Waals surface area contributed by atoms with Crippen molar-refractivity contribution in [3.8, 4) is 0 Å². The van der Waals surface area contributed by atoms with Gasteiger partial charge in [-0.15, -0.1) is 0 Å². The molecule has 0 bridgehead atoms. The second-order valence-corrected chi connectivity index (χ2v) is 5.00. The summed E-state index contributed by atoms with van der Waals surface area (Å²) in [5.74, 6) is 0.889. The lowest BCUT2D eigenvalue weighted by Gasteiger charge is -2.13. The molecule has 1 unspecified atom stereocenters. The molecule has 0 aliphatic heterocycles. The molecule has 0 amide bonds. The van der Waals surface area contributed by atoms with Crippen molar-refractivity contribution < 1.29 is 4.74 Å². The summed E-state index contributed by atoms with van der Waals surface area (Å²) in [5, 5.41) is 3.35. The fourth-order valence-electron chi connectivity index (χ4n) is 2.17. The molecular weight excluding hydrogens is 238 g/mol. The van der Waals surface area contributed by atoms with Crippen molar-refractivity contribution in [1.29, 1.82) is 0 Å². The first-order chi connectivity index (χ1) is 9.08. The molecule has 0 fully saturated rings. The summed E-state index contributed by atoms with van der Waals surface area (Å²) >= 11 is 0. The Bertz CT molecular complexity index is 370. The number of ether oxygens (including phenoxy) is 1. The quantitative estimate of drug-likeness (QED) is 0.732. The molecule has 1 aromatic heterocycles. The topological polar surface area (TPSA) is 47.0 Å². The van der Waals surface area contributed by atoms with Gasteiger partial charge in [0.05, 0.1) is 6.10 Å². The molecule has 0 radical (unpaired) electrons. The van der Waals surface area contributed by atoms with E-state index in [1.165, 1.54) is 5.56 Å². The van der Waals surface area contributed by atoms with Crippen molar-refractivity contribution in [2.24, 2.45) is 0 Å². The minimum absolute atomic E-state index is 0.165. The van der Waals surface area contributed by atoms with E-state index in [0.29, 0.717) is 0 Å². The molecule has 1 aromatic rings. The molecule has 1 heterocycles. The van der Waals surface area contributed by atoms with Gasteiger partial charge in [-0.1, -0.05) is 6.92 Å². The molecule has 0 aliphatic rings. The van der Waals surface area contributed by atoms with Crippen LogP contribution in [0, 0.1) is 13.8 Å². The zero-order valence-corrected chi connectivity index (χ0v) is 12.9. The summed E-state index contributed by atoms with van der Waals surface area (Å²) < 4.78 is 5.27. The average Bonchev–Trinajstić information content (AvgIpc) is 2.37. The van der Waals surface area contributed by atoms with Gasteiger partial charge in [-0.05, 0) is 52.3 Å². The summed E-state index contributed by atoms with van der Waals surface area (Å²) in [5.41, 5.74) is 3.52. The standard InChI is InChI=1S/C15H27N3O/c1-6-16-9-7-8-14-12(3)17-15(18-13(14)4)10-11(2)19-5/h11,16H,6-10H2,1-5H3. The maximum absolute atomic E-state index is 5.27. The summed E-state index contributed by atoms with van der Waals surface area (Å²) in [4.78, 5) is 9.22. The van der Waals surface area contributed by atoms with Crippen LogP contribution >= 0.6 is 0 Å². The third kappa shape index (κ3) is 5.25. The van der Waals surface area contributed by atoms with Gasteiger partial charge in [0.2, 0.25) is 0 Å². The zero-order chi connectivity index (χ0) is 14.3. The molecule has 0 spiro atoms. The van der Waals surface area contributed by atoms with E-state index in [9.17, 15) is 0 Å². The third-order valence-electron chi connectivity index (χ3n) is 3.37. The lowest BCUT2D eigenvalue weighted by molar-refractivity contribution is 0.117. The van der Waals surface area contributed by atoms with Crippen LogP contribution in [-0.4, -0.2) is 36.3 Å². The van der Waals surface area contributed by atoms with Crippen molar-refractivity contribution in [3.63, 3.8) is 0 Å². The van der Waals surface area contributed by atoms with Gasteiger partial charge >= 0.3 is 0 Å². The zero-order valence-electron chi connectivity index (χ0n) is 12.9. The minimum atomic E-state index is 0.165. The molecule has 4 nitrogen and oxygen atoms in total. The van der Waals surface area contributed by atoms with Crippen molar-refractivity contribution in [1.82, 2.24) is 15.3 Å². The van der Waals surface area contributed by atoms with E-state index >= 15 is 0 Å². The van der Waals surface area contributed by atoms with Gasteiger partial charge in [0.25, 0.3) is 0 Å². The second-order valence-electron chi connectivity index (χ2n) is 5.00. The Kier molecular flexibility index (Phi) is 6.95. The third-order valence-corrected chi connectivity index (χ3v) is 3.37. The van der Waals surface area contributed by atoms with Gasteiger partial charge in [0, 0.05) is 24.9 Å². The van der Waals surface area contributed by atoms with Crippen molar-refractivity contribution in [3.05, 3.63) is 22.8 Å². The van der Waals surface area contributed by atoms with Crippen LogP contribution in [0.4, 0.5) is 0 Å². The monoisotopic (exact) mass is 265 g/mol. The van der Waals surface area contributed by atoms with Crippen LogP contribution in [-0.2, 0) is 17.6 Å². The fourth-order valence-corrected chi connectivity index (χ4v) is 2.17. The van der Waals surface area contributed by atoms with Crippen molar-refractivity contribution in [2.75, 3.05) is 20.2 Å². The summed E-state index contributed by atoms with van der Waals surface area (Å²) in [6.45, 7) is 10.4. The second kappa shape index (κ2) is 8.23. The molecule has 0 aromatic carbocycles. The highest BCUT2D eigenvalue weighted by atomic mass is 16.5. The first-order valence-electron chi connectivity index (χ1n) is 7.15. The van der Waals surface area contributed by atoms with Crippen LogP contribution in [0.5, 0.6) is 0 Å². The molecular formula is C15H27N3O. The number of nitrogens with one attached hydrogen (secondary N) is 1. The van der Waals surface area contributed by atoms with E-state index in [-0.39, 0.29) is 6.10 Å². The first kappa shape index (κ1) is 16.1. The van der Waals surface area contributed by atoms with Crippen molar-refractivity contribution >= 4 is 0 Å². The van der Waals surface area contributed by atoms with E-state index in [1.807, 2.05) is 6.92 Å². The summed E-state index contributed by atoms with van der Waals surface area (Å²) in [6, 6.07) is 0. The van der Waals surface area contributed by atoms with Gasteiger partial charge in [0.1, 0.15) is 5.82 Å². The number of aryl methyl sites for hydroxylation is 2. The maximum Gasteiger partial charge on any atom is 0.131 e. The number of methoxy groups -OCH3 is 1. The Morgan fingerprint density at radius 1 is 1.21 bits per heavy atom. The van der Waals surface area contributed by atoms with Crippen LogP contribution in [0.25, 0.3) is 0 Å². The van der Waals surface area contributed by atoms with Crippen LogP contribution in [0.3, 0.4) is 0 Å². The molecule has 4 heteroatoms. The predicted octanol–water partition coefficient (Wildman–Crippen LogP) is 2.21. The Hall–Kier alpha value is -1.00. The van der Waals surface area contributed by atoms with Gasteiger partial charge in [0.15, 0.2) is 0 Å². The largest absolute Gasteiger partial charge is 0.381 e. The van der Waals surface area contributed by atoms with E-state index in [2.05, 4.69) is 36.1 Å². The molecule has 19 heavy (non-hydrogen) atoms. The number of rotatable bonds is 8. The Balaban J connectivity index is 2.68. The molecule has 1 atom stereocenters. The Morgan fingerprint density at radius 2 is 1.84 bits per heavy atom. The average molecular weight is 265 g/mol. The van der Waals surface area contributed by atoms with Gasteiger partial charge in [-0.2, -0.15) is 0 Å². The minimum Gasteiger partial charge on any atom is -0.381 e. The molecule has 108 valence electrons. The fraction of sp³-hybridized carbons (Fsp3) is 0.733. The van der Waals surface area contributed by atoms with Gasteiger partial charge in [-0.25, -0.2) is 9.97 Å². The highest BCUT2D eigenvalue weighted by Gasteiger charge is 2.10. The lowest BCUT2D eigenvalue weighted by atomic mass is 10.1. The Morgan fingerprint density at radius 3 is 2.37 bits per heavy atom. The molecule has 0 aliphatic carbocycles. The smallest absolute Gasteiger partial charge is 0.131 e. The Labute approximate surface area is 117 Å². The molecule has 0 saturated heterocycles. The van der Waals surface area contributed by atoms with E-state index in [1.54, 1.807) is 7.11 Å². The van der Waals surface area contributed by atoms with Crippen LogP contribution in [0.1, 0.15) is 43.0 Å². The van der Waals surface area contributed by atoms with Gasteiger partial charge in [-0.3, -0.25) is 0 Å². The molecule has 1 rings (SSSR count). The first-order valence-corrected chi connectivity index (χ1v) is 7.15. The van der Waals surface area contributed by atoms with Gasteiger partial charge < -0.3 is 10.1 Å². The van der Waals surface area contributed by atoms with E-state index in [4.69, 9.17) is 4.74 Å². The summed E-state index contributed by atoms with van der Waals surface area (Å²) in [6.07, 6.45) is 3.12. The number of hydrogen-bond donors (Lipinski definition) is 1. The predicted molar refractivity (Wildman–Crippen MR) is 78.5 cm³/mol. The molecule has 1 N–H and O–H groups in total. The van der Waals surface area contributed by atoms with Crippen LogP contribution < -0.4 is 5.32 Å². The van der Waals surface area contributed by atoms with Crippen molar-refractivity contribution in [2.45, 2.75) is 53.1 Å². The van der Waals surface area contributed by atoms with E-state index < -0.39 is 0 Å². The number of aromatic nitrogens is 2. The lowest BCUT2D eigenvalue weighted by Crippen LogP contribution is -2.16. The normalized spacial score (nSPS) is 12.7. The SMILES string of the molecule is CCNCCCc1c(C)nc(CC(C)OC)nc1C. The number of nitrogens with zero attached hydrogens (tertiary/aromatic N) is 2. The van der Waals surface area contributed by atoms with Crippen LogP contribution in [0.15, 0.2) is 0 Å². The number of hydrogen-bond acceptors (Lipinski definition) is 4. The highest BCUT2D eigenvalue weighted by Crippen LogP contribution is 2.13. The maximum atomic E-state index is 5.27. The highest BCUT2D eigenvalue weighted by molar-refractivity contribution is 5.24. The van der Waals surface area contributed by atoms with Crippen LogP contribution in [0.2, 0.25) is 0 Å². The van der Waals surface area contributed by atoms with E-state index in [0.717, 1.165) is 49.6 Å².